The number of aryl methyl sites for hydroxylation is 1. The number of hydrogen-bond donors (Lipinski definition) is 0. The van der Waals surface area contributed by atoms with E-state index in [1.807, 2.05) is 0 Å². The molecule has 1 unspecified atom stereocenters. The first-order chi connectivity index (χ1) is 13.3. The molecule has 0 radical (unpaired) electrons. The van der Waals surface area contributed by atoms with Gasteiger partial charge in [-0.05, 0) is 68.1 Å². The molecule has 0 aromatic heterocycles. The Hall–Kier alpha value is -0.960. The third kappa shape index (κ3) is 9.19. The molecule has 0 spiro atoms. The van der Waals surface area contributed by atoms with E-state index >= 15 is 0 Å². The highest BCUT2D eigenvalue weighted by Crippen LogP contribution is 2.30. The smallest absolute Gasteiger partial charge is 0.0894 e. The van der Waals surface area contributed by atoms with Crippen LogP contribution in [0.4, 0.5) is 4.39 Å². The first-order valence-electron chi connectivity index (χ1n) is 11.0. The highest BCUT2D eigenvalue weighted by atomic mass is 32.2. The van der Waals surface area contributed by atoms with Crippen LogP contribution in [0.15, 0.2) is 30.3 Å². The second-order valence-corrected chi connectivity index (χ2v) is 9.44. The van der Waals surface area contributed by atoms with Crippen molar-refractivity contribution in [3.8, 4) is 0 Å². The molecule has 0 bridgehead atoms. The summed E-state index contributed by atoms with van der Waals surface area (Å²) in [6, 6.07) is 8.88. The summed E-state index contributed by atoms with van der Waals surface area (Å²) in [5.41, 5.74) is 4.57. The molecule has 1 aromatic carbocycles. The fourth-order valence-electron chi connectivity index (χ4n) is 3.90. The highest BCUT2D eigenvalue weighted by molar-refractivity contribution is 7.84. The molecule has 3 heteroatoms. The SMILES string of the molecule is O=S(CCCCCF)CCCCCCCCCC1=CCCc2ccccc21. The molecule has 0 amide bonds. The Kier molecular flexibility index (Phi) is 11.7. The Bertz CT molecular complexity index is 581. The molecular weight excluding hydrogens is 355 g/mol. The van der Waals surface area contributed by atoms with E-state index in [2.05, 4.69) is 30.3 Å². The Balaban J connectivity index is 1.43. The minimum atomic E-state index is -0.684. The average Bonchev–Trinajstić information content (AvgIpc) is 2.70. The Morgan fingerprint density at radius 2 is 1.44 bits per heavy atom. The molecule has 1 nitrogen and oxygen atoms in total. The standard InChI is InChI=1S/C24H37FOS/c25-19-10-6-12-21-27(26)20-11-5-3-1-2-4-7-14-22-16-13-17-23-15-8-9-18-24(22)23/h8-9,15-16,18H,1-7,10-14,17,19-21H2. The zero-order valence-electron chi connectivity index (χ0n) is 16.9. The molecule has 152 valence electrons. The molecule has 2 rings (SSSR count). The number of allylic oxidation sites excluding steroid dienone is 2. The number of hydrogen-bond acceptors (Lipinski definition) is 1. The maximum Gasteiger partial charge on any atom is 0.0894 e. The van der Waals surface area contributed by atoms with Crippen molar-refractivity contribution in [2.45, 2.75) is 83.5 Å². The summed E-state index contributed by atoms with van der Waals surface area (Å²) in [7, 11) is -0.684. The van der Waals surface area contributed by atoms with E-state index in [0.717, 1.165) is 30.8 Å². The average molecular weight is 393 g/mol. The lowest BCUT2D eigenvalue weighted by molar-refractivity contribution is 0.460. The fourth-order valence-corrected chi connectivity index (χ4v) is 5.16. The Morgan fingerprint density at radius 1 is 0.815 bits per heavy atom. The number of benzene rings is 1. The molecule has 1 aliphatic carbocycles. The highest BCUT2D eigenvalue weighted by Gasteiger charge is 2.11. The molecule has 0 N–H and O–H groups in total. The van der Waals surface area contributed by atoms with Crippen molar-refractivity contribution in [3.05, 3.63) is 41.5 Å². The van der Waals surface area contributed by atoms with Crippen molar-refractivity contribution >= 4 is 16.4 Å². The van der Waals surface area contributed by atoms with Crippen LogP contribution in [0.5, 0.6) is 0 Å². The van der Waals surface area contributed by atoms with Gasteiger partial charge in [-0.15, -0.1) is 0 Å². The molecule has 0 fully saturated rings. The summed E-state index contributed by atoms with van der Waals surface area (Å²) in [6.45, 7) is -0.239. The van der Waals surface area contributed by atoms with Crippen LogP contribution in [0.2, 0.25) is 0 Å². The van der Waals surface area contributed by atoms with E-state index in [1.54, 1.807) is 5.57 Å². The zero-order valence-corrected chi connectivity index (χ0v) is 17.7. The zero-order chi connectivity index (χ0) is 19.2. The van der Waals surface area contributed by atoms with E-state index in [1.165, 1.54) is 68.9 Å². The van der Waals surface area contributed by atoms with E-state index in [0.29, 0.717) is 6.42 Å². The molecule has 0 heterocycles. The third-order valence-corrected chi connectivity index (χ3v) is 6.98. The molecule has 0 aliphatic heterocycles. The van der Waals surface area contributed by atoms with Crippen LogP contribution in [-0.4, -0.2) is 22.4 Å². The van der Waals surface area contributed by atoms with Gasteiger partial charge in [0.25, 0.3) is 0 Å². The summed E-state index contributed by atoms with van der Waals surface area (Å²) in [5.74, 6) is 1.60. The molecule has 0 saturated carbocycles. The van der Waals surface area contributed by atoms with Gasteiger partial charge in [-0.3, -0.25) is 8.60 Å². The van der Waals surface area contributed by atoms with Gasteiger partial charge < -0.3 is 0 Å². The minimum absolute atomic E-state index is 0.239. The van der Waals surface area contributed by atoms with E-state index < -0.39 is 10.8 Å². The van der Waals surface area contributed by atoms with Crippen LogP contribution in [0.3, 0.4) is 0 Å². The number of fused-ring (bicyclic) bond motifs is 1. The van der Waals surface area contributed by atoms with Crippen molar-refractivity contribution in [1.29, 1.82) is 0 Å². The topological polar surface area (TPSA) is 17.1 Å². The van der Waals surface area contributed by atoms with Gasteiger partial charge in [0.05, 0.1) is 6.67 Å². The first kappa shape index (κ1) is 22.3. The first-order valence-corrected chi connectivity index (χ1v) is 12.5. The van der Waals surface area contributed by atoms with E-state index in [-0.39, 0.29) is 6.67 Å². The van der Waals surface area contributed by atoms with Crippen molar-refractivity contribution in [2.75, 3.05) is 18.2 Å². The van der Waals surface area contributed by atoms with Crippen molar-refractivity contribution in [1.82, 2.24) is 0 Å². The quantitative estimate of drug-likeness (QED) is 0.293. The fraction of sp³-hybridized carbons (Fsp3) is 0.667. The molecule has 0 saturated heterocycles. The largest absolute Gasteiger partial charge is 0.260 e. The van der Waals surface area contributed by atoms with Gasteiger partial charge in [0.1, 0.15) is 0 Å². The monoisotopic (exact) mass is 392 g/mol. The maximum absolute atomic E-state index is 12.0. The molecule has 1 aromatic rings. The van der Waals surface area contributed by atoms with Crippen molar-refractivity contribution in [2.24, 2.45) is 0 Å². The van der Waals surface area contributed by atoms with Crippen LogP contribution >= 0.6 is 0 Å². The van der Waals surface area contributed by atoms with Crippen molar-refractivity contribution < 1.29 is 8.60 Å². The molecule has 1 aliphatic rings. The number of halogens is 1. The Labute approximate surface area is 168 Å². The third-order valence-electron chi connectivity index (χ3n) is 5.49. The Morgan fingerprint density at radius 3 is 2.19 bits per heavy atom. The number of alkyl halides is 1. The number of unbranched alkanes of at least 4 members (excludes halogenated alkanes) is 8. The van der Waals surface area contributed by atoms with E-state index in [4.69, 9.17) is 0 Å². The second-order valence-electron chi connectivity index (χ2n) is 7.75. The summed E-state index contributed by atoms with van der Waals surface area (Å²) in [4.78, 5) is 0. The molecule has 1 atom stereocenters. The van der Waals surface area contributed by atoms with Gasteiger partial charge >= 0.3 is 0 Å². The lowest BCUT2D eigenvalue weighted by Gasteiger charge is -2.17. The minimum Gasteiger partial charge on any atom is -0.260 e. The normalized spacial score (nSPS) is 14.6. The van der Waals surface area contributed by atoms with Crippen LogP contribution in [0, 0.1) is 0 Å². The van der Waals surface area contributed by atoms with Gasteiger partial charge in [-0.25, -0.2) is 0 Å². The predicted octanol–water partition coefficient (Wildman–Crippen LogP) is 7.03. The second kappa shape index (κ2) is 14.1. The number of rotatable bonds is 15. The van der Waals surface area contributed by atoms with Gasteiger partial charge in [-0.1, -0.05) is 62.4 Å². The van der Waals surface area contributed by atoms with Crippen LogP contribution in [0.1, 0.15) is 88.2 Å². The molecule has 27 heavy (non-hydrogen) atoms. The van der Waals surface area contributed by atoms with E-state index in [9.17, 15) is 8.60 Å². The van der Waals surface area contributed by atoms with Gasteiger partial charge in [-0.2, -0.15) is 0 Å². The maximum atomic E-state index is 12.0. The summed E-state index contributed by atoms with van der Waals surface area (Å²) in [6.07, 6.45) is 17.3. The van der Waals surface area contributed by atoms with Gasteiger partial charge in [0.2, 0.25) is 0 Å². The van der Waals surface area contributed by atoms with Crippen molar-refractivity contribution in [3.63, 3.8) is 0 Å². The molecular formula is C24H37FOS. The predicted molar refractivity (Wildman–Crippen MR) is 117 cm³/mol. The van der Waals surface area contributed by atoms with Crippen LogP contribution in [-0.2, 0) is 17.2 Å². The van der Waals surface area contributed by atoms with Gasteiger partial charge in [0.15, 0.2) is 0 Å². The summed E-state index contributed by atoms with van der Waals surface area (Å²) in [5, 5.41) is 0. The lowest BCUT2D eigenvalue weighted by atomic mass is 9.88. The summed E-state index contributed by atoms with van der Waals surface area (Å²) >= 11 is 0. The van der Waals surface area contributed by atoms with Gasteiger partial charge in [0, 0.05) is 22.3 Å². The van der Waals surface area contributed by atoms with Crippen LogP contribution < -0.4 is 0 Å². The summed E-state index contributed by atoms with van der Waals surface area (Å²) < 4.78 is 23.8. The van der Waals surface area contributed by atoms with Crippen LogP contribution in [0.25, 0.3) is 5.57 Å². The lowest BCUT2D eigenvalue weighted by Crippen LogP contribution is -2.03.